The molecule has 0 saturated carbocycles. The second kappa shape index (κ2) is 6.45. The zero-order valence-electron chi connectivity index (χ0n) is 9.39. The molecule has 4 nitrogen and oxygen atoms in total. The van der Waals surface area contributed by atoms with Crippen LogP contribution in [0.3, 0.4) is 0 Å². The van der Waals surface area contributed by atoms with E-state index < -0.39 is 0 Å². The SMILES string of the molecule is c1cncc(OCCNCC2CCOC2)c1. The Morgan fingerprint density at radius 1 is 1.56 bits per heavy atom. The molecule has 0 radical (unpaired) electrons. The van der Waals surface area contributed by atoms with E-state index in [0.29, 0.717) is 12.5 Å². The van der Waals surface area contributed by atoms with Gasteiger partial charge in [-0.05, 0) is 24.5 Å². The number of hydrogen-bond acceptors (Lipinski definition) is 4. The molecular weight excluding hydrogens is 204 g/mol. The zero-order chi connectivity index (χ0) is 11.1. The van der Waals surface area contributed by atoms with Crippen LogP contribution in [0.2, 0.25) is 0 Å². The van der Waals surface area contributed by atoms with Gasteiger partial charge in [-0.3, -0.25) is 4.98 Å². The molecule has 1 aliphatic heterocycles. The number of aromatic nitrogens is 1. The summed E-state index contributed by atoms with van der Waals surface area (Å²) >= 11 is 0. The van der Waals surface area contributed by atoms with Crippen LogP contribution in [0.25, 0.3) is 0 Å². The van der Waals surface area contributed by atoms with Crippen molar-refractivity contribution in [2.24, 2.45) is 5.92 Å². The van der Waals surface area contributed by atoms with E-state index in [0.717, 1.165) is 32.1 Å². The van der Waals surface area contributed by atoms with Gasteiger partial charge in [0.2, 0.25) is 0 Å². The van der Waals surface area contributed by atoms with Gasteiger partial charge in [0.1, 0.15) is 12.4 Å². The molecular formula is C12H18N2O2. The second-order valence-corrected chi connectivity index (χ2v) is 3.97. The lowest BCUT2D eigenvalue weighted by molar-refractivity contribution is 0.185. The highest BCUT2D eigenvalue weighted by molar-refractivity contribution is 5.15. The third-order valence-electron chi connectivity index (χ3n) is 2.64. The maximum Gasteiger partial charge on any atom is 0.137 e. The highest BCUT2D eigenvalue weighted by Gasteiger charge is 2.14. The van der Waals surface area contributed by atoms with E-state index in [1.807, 2.05) is 12.1 Å². The molecule has 0 aliphatic carbocycles. The van der Waals surface area contributed by atoms with Crippen molar-refractivity contribution in [3.63, 3.8) is 0 Å². The van der Waals surface area contributed by atoms with Crippen LogP contribution in [0.5, 0.6) is 5.75 Å². The van der Waals surface area contributed by atoms with Crippen LogP contribution in [0.1, 0.15) is 6.42 Å². The van der Waals surface area contributed by atoms with Gasteiger partial charge in [0.25, 0.3) is 0 Å². The van der Waals surface area contributed by atoms with E-state index in [4.69, 9.17) is 9.47 Å². The van der Waals surface area contributed by atoms with Gasteiger partial charge in [0.15, 0.2) is 0 Å². The molecule has 2 heterocycles. The Hall–Kier alpha value is -1.13. The first-order valence-electron chi connectivity index (χ1n) is 5.76. The molecule has 4 heteroatoms. The lowest BCUT2D eigenvalue weighted by Crippen LogP contribution is -2.27. The summed E-state index contributed by atoms with van der Waals surface area (Å²) in [5.41, 5.74) is 0. The first-order valence-corrected chi connectivity index (χ1v) is 5.76. The normalized spacial score (nSPS) is 19.9. The predicted molar refractivity (Wildman–Crippen MR) is 61.5 cm³/mol. The molecule has 1 aliphatic rings. The average Bonchev–Trinajstić information content (AvgIpc) is 2.83. The lowest BCUT2D eigenvalue weighted by Gasteiger charge is -2.10. The maximum absolute atomic E-state index is 5.51. The number of nitrogens with one attached hydrogen (secondary N) is 1. The van der Waals surface area contributed by atoms with Crippen molar-refractivity contribution >= 4 is 0 Å². The van der Waals surface area contributed by atoms with Gasteiger partial charge in [-0.25, -0.2) is 0 Å². The molecule has 16 heavy (non-hydrogen) atoms. The largest absolute Gasteiger partial charge is 0.491 e. The Kier molecular flexibility index (Phi) is 4.58. The van der Waals surface area contributed by atoms with Crippen molar-refractivity contribution in [3.8, 4) is 5.75 Å². The fraction of sp³-hybridized carbons (Fsp3) is 0.583. The maximum atomic E-state index is 5.51. The van der Waals surface area contributed by atoms with E-state index in [1.165, 1.54) is 6.42 Å². The van der Waals surface area contributed by atoms with Crippen LogP contribution in [0.4, 0.5) is 0 Å². The summed E-state index contributed by atoms with van der Waals surface area (Å²) < 4.78 is 10.8. The second-order valence-electron chi connectivity index (χ2n) is 3.97. The monoisotopic (exact) mass is 222 g/mol. The van der Waals surface area contributed by atoms with Gasteiger partial charge in [0, 0.05) is 25.9 Å². The Morgan fingerprint density at radius 2 is 2.56 bits per heavy atom. The Labute approximate surface area is 96.0 Å². The molecule has 1 atom stereocenters. The lowest BCUT2D eigenvalue weighted by atomic mass is 10.1. The smallest absolute Gasteiger partial charge is 0.137 e. The van der Waals surface area contributed by atoms with Crippen molar-refractivity contribution in [3.05, 3.63) is 24.5 Å². The molecule has 1 unspecified atom stereocenters. The molecule has 0 bridgehead atoms. The first kappa shape index (κ1) is 11.4. The number of ether oxygens (including phenoxy) is 2. The van der Waals surface area contributed by atoms with E-state index in [1.54, 1.807) is 12.4 Å². The van der Waals surface area contributed by atoms with Crippen molar-refractivity contribution in [1.82, 2.24) is 10.3 Å². The fourth-order valence-electron chi connectivity index (χ4n) is 1.72. The number of rotatable bonds is 6. The zero-order valence-corrected chi connectivity index (χ0v) is 9.39. The van der Waals surface area contributed by atoms with Crippen LogP contribution < -0.4 is 10.1 Å². The highest BCUT2D eigenvalue weighted by atomic mass is 16.5. The van der Waals surface area contributed by atoms with Crippen LogP contribution in [-0.2, 0) is 4.74 Å². The van der Waals surface area contributed by atoms with Crippen LogP contribution in [-0.4, -0.2) is 37.9 Å². The van der Waals surface area contributed by atoms with Crippen molar-refractivity contribution < 1.29 is 9.47 Å². The molecule has 2 rings (SSSR count). The molecule has 0 spiro atoms. The first-order chi connectivity index (χ1) is 7.95. The summed E-state index contributed by atoms with van der Waals surface area (Å²) in [5, 5.41) is 3.37. The van der Waals surface area contributed by atoms with E-state index in [-0.39, 0.29) is 0 Å². The molecule has 1 saturated heterocycles. The van der Waals surface area contributed by atoms with E-state index in [9.17, 15) is 0 Å². The molecule has 1 N–H and O–H groups in total. The minimum Gasteiger partial charge on any atom is -0.491 e. The third-order valence-corrected chi connectivity index (χ3v) is 2.64. The molecule has 88 valence electrons. The van der Waals surface area contributed by atoms with Gasteiger partial charge in [-0.1, -0.05) is 0 Å². The van der Waals surface area contributed by atoms with Crippen molar-refractivity contribution in [2.75, 3.05) is 32.9 Å². The van der Waals surface area contributed by atoms with Crippen LogP contribution in [0.15, 0.2) is 24.5 Å². The van der Waals surface area contributed by atoms with Gasteiger partial charge in [0.05, 0.1) is 12.8 Å². The topological polar surface area (TPSA) is 43.4 Å². The van der Waals surface area contributed by atoms with E-state index >= 15 is 0 Å². The fourth-order valence-corrected chi connectivity index (χ4v) is 1.72. The number of nitrogens with zero attached hydrogens (tertiary/aromatic N) is 1. The quantitative estimate of drug-likeness (QED) is 0.732. The summed E-state index contributed by atoms with van der Waals surface area (Å²) in [6.45, 7) is 4.38. The molecule has 1 aromatic rings. The Balaban J connectivity index is 1.52. The summed E-state index contributed by atoms with van der Waals surface area (Å²) in [5.74, 6) is 1.51. The predicted octanol–water partition coefficient (Wildman–Crippen LogP) is 1.09. The average molecular weight is 222 g/mol. The van der Waals surface area contributed by atoms with Gasteiger partial charge in [-0.15, -0.1) is 0 Å². The summed E-state index contributed by atoms with van der Waals surface area (Å²) in [4.78, 5) is 3.98. The Bertz CT molecular complexity index is 286. The van der Waals surface area contributed by atoms with Crippen molar-refractivity contribution in [1.29, 1.82) is 0 Å². The standard InChI is InChI=1S/C12H18N2O2/c1-2-12(9-13-4-1)16-7-5-14-8-11-3-6-15-10-11/h1-2,4,9,11,14H,3,5-8,10H2. The van der Waals surface area contributed by atoms with Gasteiger partial charge >= 0.3 is 0 Å². The van der Waals surface area contributed by atoms with Crippen molar-refractivity contribution in [2.45, 2.75) is 6.42 Å². The van der Waals surface area contributed by atoms with Gasteiger partial charge < -0.3 is 14.8 Å². The third kappa shape index (κ3) is 3.79. The highest BCUT2D eigenvalue weighted by Crippen LogP contribution is 2.10. The molecule has 1 fully saturated rings. The number of pyridine rings is 1. The summed E-state index contributed by atoms with van der Waals surface area (Å²) in [6.07, 6.45) is 4.65. The van der Waals surface area contributed by atoms with Crippen LogP contribution >= 0.6 is 0 Å². The summed E-state index contributed by atoms with van der Waals surface area (Å²) in [6, 6.07) is 3.79. The Morgan fingerprint density at radius 3 is 3.31 bits per heavy atom. The van der Waals surface area contributed by atoms with Gasteiger partial charge in [-0.2, -0.15) is 0 Å². The summed E-state index contributed by atoms with van der Waals surface area (Å²) in [7, 11) is 0. The number of hydrogen-bond donors (Lipinski definition) is 1. The molecule has 0 amide bonds. The van der Waals surface area contributed by atoms with E-state index in [2.05, 4.69) is 10.3 Å². The minimum atomic E-state index is 0.679. The minimum absolute atomic E-state index is 0.679. The molecule has 0 aromatic carbocycles. The molecule has 1 aromatic heterocycles. The van der Waals surface area contributed by atoms with Crippen LogP contribution in [0, 0.1) is 5.92 Å².